The molecule has 3 rings (SSSR count). The molecule has 1 aromatic heterocycles. The zero-order valence-electron chi connectivity index (χ0n) is 9.34. The van der Waals surface area contributed by atoms with Crippen molar-refractivity contribution in [1.29, 1.82) is 0 Å². The van der Waals surface area contributed by atoms with Gasteiger partial charge in [-0.2, -0.15) is 5.21 Å². The van der Waals surface area contributed by atoms with Gasteiger partial charge in [0.1, 0.15) is 0 Å². The van der Waals surface area contributed by atoms with Crippen molar-refractivity contribution in [3.63, 3.8) is 0 Å². The van der Waals surface area contributed by atoms with E-state index in [9.17, 15) is 0 Å². The van der Waals surface area contributed by atoms with Crippen molar-refractivity contribution in [3.8, 4) is 22.5 Å². The van der Waals surface area contributed by atoms with Crippen LogP contribution in [0, 0.1) is 0 Å². The predicted octanol–water partition coefficient (Wildman–Crippen LogP) is 3.19. The number of halogens is 1. The average Bonchev–Trinajstić information content (AvgIpc) is 2.93. The number of nitrogens with zero attached hydrogens (tertiary/aromatic N) is 3. The maximum Gasteiger partial charge on any atom is 0.205 e. The van der Waals surface area contributed by atoms with Crippen LogP contribution >= 0.6 is 11.6 Å². The topological polar surface area (TPSA) is 54.5 Å². The Hall–Kier alpha value is -2.20. The molecule has 5 heteroatoms. The van der Waals surface area contributed by atoms with Gasteiger partial charge in [0.05, 0.1) is 0 Å². The van der Waals surface area contributed by atoms with Crippen LogP contribution in [0.5, 0.6) is 0 Å². The van der Waals surface area contributed by atoms with Crippen LogP contribution in [-0.2, 0) is 0 Å². The molecule has 88 valence electrons. The summed E-state index contributed by atoms with van der Waals surface area (Å²) in [4.78, 5) is 0. The minimum Gasteiger partial charge on any atom is -0.177 e. The summed E-state index contributed by atoms with van der Waals surface area (Å²) >= 11 is 6.04. The molecule has 0 radical (unpaired) electrons. The highest BCUT2D eigenvalue weighted by Crippen LogP contribution is 2.31. The van der Waals surface area contributed by atoms with Gasteiger partial charge < -0.3 is 0 Å². The summed E-state index contributed by atoms with van der Waals surface area (Å²) in [5.74, 6) is 0.538. The molecule has 1 heterocycles. The fraction of sp³-hybridized carbons (Fsp3) is 0. The first kappa shape index (κ1) is 10.9. The highest BCUT2D eigenvalue weighted by Gasteiger charge is 2.11. The van der Waals surface area contributed by atoms with E-state index in [2.05, 4.69) is 20.6 Å². The van der Waals surface area contributed by atoms with Gasteiger partial charge in [0.25, 0.3) is 0 Å². The van der Waals surface area contributed by atoms with E-state index in [4.69, 9.17) is 11.6 Å². The van der Waals surface area contributed by atoms with E-state index < -0.39 is 0 Å². The molecule has 0 saturated carbocycles. The van der Waals surface area contributed by atoms with E-state index >= 15 is 0 Å². The highest BCUT2D eigenvalue weighted by atomic mass is 35.5. The van der Waals surface area contributed by atoms with Gasteiger partial charge in [-0.3, -0.25) is 0 Å². The van der Waals surface area contributed by atoms with Crippen molar-refractivity contribution in [2.75, 3.05) is 0 Å². The van der Waals surface area contributed by atoms with Gasteiger partial charge in [-0.1, -0.05) is 48.0 Å². The fourth-order valence-corrected chi connectivity index (χ4v) is 2.02. The second-order valence-corrected chi connectivity index (χ2v) is 4.23. The van der Waals surface area contributed by atoms with Crippen LogP contribution in [-0.4, -0.2) is 20.6 Å². The summed E-state index contributed by atoms with van der Waals surface area (Å²) in [5, 5.41) is 14.7. The molecule has 0 bridgehead atoms. The van der Waals surface area contributed by atoms with Gasteiger partial charge in [-0.25, -0.2) is 0 Å². The Kier molecular flexibility index (Phi) is 2.78. The molecular formula is C13H9ClN4. The standard InChI is InChI=1S/C13H9ClN4/c14-10-6-7-11(9-4-2-1-3-5-9)12(8-10)13-15-17-18-16-13/h1-8H,(H,15,16,17,18). The lowest BCUT2D eigenvalue weighted by Crippen LogP contribution is -1.87. The van der Waals surface area contributed by atoms with Crippen LogP contribution in [0.1, 0.15) is 0 Å². The summed E-state index contributed by atoms with van der Waals surface area (Å²) in [6.45, 7) is 0. The number of tetrazole rings is 1. The van der Waals surface area contributed by atoms with Crippen molar-refractivity contribution in [1.82, 2.24) is 20.6 Å². The molecule has 0 spiro atoms. The predicted molar refractivity (Wildman–Crippen MR) is 70.1 cm³/mol. The van der Waals surface area contributed by atoms with Crippen LogP contribution < -0.4 is 0 Å². The van der Waals surface area contributed by atoms with Gasteiger partial charge >= 0.3 is 0 Å². The van der Waals surface area contributed by atoms with E-state index in [0.29, 0.717) is 10.8 Å². The van der Waals surface area contributed by atoms with Crippen molar-refractivity contribution in [3.05, 3.63) is 53.6 Å². The number of nitrogens with one attached hydrogen (secondary N) is 1. The van der Waals surface area contributed by atoms with E-state index in [0.717, 1.165) is 16.7 Å². The summed E-state index contributed by atoms with van der Waals surface area (Å²) in [6, 6.07) is 15.7. The Labute approximate surface area is 109 Å². The number of rotatable bonds is 2. The molecule has 3 aromatic rings. The molecule has 0 amide bonds. The molecule has 0 saturated heterocycles. The van der Waals surface area contributed by atoms with E-state index in [-0.39, 0.29) is 0 Å². The Bertz CT molecular complexity index is 650. The van der Waals surface area contributed by atoms with Gasteiger partial charge in [-0.05, 0) is 28.5 Å². The lowest BCUT2D eigenvalue weighted by atomic mass is 9.99. The number of hydrogen-bond donors (Lipinski definition) is 1. The van der Waals surface area contributed by atoms with Crippen molar-refractivity contribution in [2.24, 2.45) is 0 Å². The molecule has 2 aromatic carbocycles. The third-order valence-corrected chi connectivity index (χ3v) is 2.89. The molecule has 0 fully saturated rings. The maximum absolute atomic E-state index is 6.04. The van der Waals surface area contributed by atoms with E-state index in [1.165, 1.54) is 0 Å². The van der Waals surface area contributed by atoms with Crippen molar-refractivity contribution < 1.29 is 0 Å². The molecule has 0 aliphatic carbocycles. The fourth-order valence-electron chi connectivity index (χ4n) is 1.85. The van der Waals surface area contributed by atoms with Crippen molar-refractivity contribution >= 4 is 11.6 Å². The molecule has 0 unspecified atom stereocenters. The van der Waals surface area contributed by atoms with Gasteiger partial charge in [0.2, 0.25) is 5.82 Å². The number of H-pyrrole nitrogens is 1. The third kappa shape index (κ3) is 1.98. The van der Waals surface area contributed by atoms with Crippen LogP contribution in [0.3, 0.4) is 0 Å². The normalized spacial score (nSPS) is 10.5. The zero-order chi connectivity index (χ0) is 12.4. The molecule has 0 atom stereocenters. The Balaban J connectivity index is 2.21. The van der Waals surface area contributed by atoms with E-state index in [1.807, 2.05) is 48.5 Å². The number of aromatic amines is 1. The number of aromatic nitrogens is 4. The molecule has 0 aliphatic rings. The molecular weight excluding hydrogens is 248 g/mol. The van der Waals surface area contributed by atoms with E-state index in [1.54, 1.807) is 0 Å². The van der Waals surface area contributed by atoms with Crippen LogP contribution in [0.15, 0.2) is 48.5 Å². The largest absolute Gasteiger partial charge is 0.205 e. The first-order chi connectivity index (χ1) is 8.84. The summed E-state index contributed by atoms with van der Waals surface area (Å²) < 4.78 is 0. The maximum atomic E-state index is 6.04. The first-order valence-corrected chi connectivity index (χ1v) is 5.81. The third-order valence-electron chi connectivity index (χ3n) is 2.65. The lowest BCUT2D eigenvalue weighted by Gasteiger charge is -2.07. The van der Waals surface area contributed by atoms with Crippen molar-refractivity contribution in [2.45, 2.75) is 0 Å². The lowest BCUT2D eigenvalue weighted by molar-refractivity contribution is 0.881. The van der Waals surface area contributed by atoms with Gasteiger partial charge in [-0.15, -0.1) is 10.2 Å². The first-order valence-electron chi connectivity index (χ1n) is 5.43. The quantitative estimate of drug-likeness (QED) is 0.766. The van der Waals surface area contributed by atoms with Crippen LogP contribution in [0.4, 0.5) is 0 Å². The Morgan fingerprint density at radius 3 is 2.50 bits per heavy atom. The summed E-state index contributed by atoms with van der Waals surface area (Å²) in [7, 11) is 0. The second-order valence-electron chi connectivity index (χ2n) is 3.79. The Morgan fingerprint density at radius 1 is 0.944 bits per heavy atom. The minimum atomic E-state index is 0.538. The number of hydrogen-bond acceptors (Lipinski definition) is 3. The van der Waals surface area contributed by atoms with Gasteiger partial charge in [0, 0.05) is 10.6 Å². The van der Waals surface area contributed by atoms with Crippen LogP contribution in [0.2, 0.25) is 5.02 Å². The zero-order valence-corrected chi connectivity index (χ0v) is 10.1. The molecule has 1 N–H and O–H groups in total. The summed E-state index contributed by atoms with van der Waals surface area (Å²) in [6.07, 6.45) is 0. The molecule has 0 aliphatic heterocycles. The minimum absolute atomic E-state index is 0.538. The summed E-state index contributed by atoms with van der Waals surface area (Å²) in [5.41, 5.74) is 2.98. The molecule has 4 nitrogen and oxygen atoms in total. The molecule has 18 heavy (non-hydrogen) atoms. The monoisotopic (exact) mass is 256 g/mol. The smallest absolute Gasteiger partial charge is 0.177 e. The highest BCUT2D eigenvalue weighted by molar-refractivity contribution is 6.31. The SMILES string of the molecule is Clc1ccc(-c2ccccc2)c(-c2nn[nH]n2)c1. The number of benzene rings is 2. The van der Waals surface area contributed by atoms with Gasteiger partial charge in [0.15, 0.2) is 0 Å². The van der Waals surface area contributed by atoms with Crippen LogP contribution in [0.25, 0.3) is 22.5 Å². The second kappa shape index (κ2) is 4.58. The average molecular weight is 257 g/mol. The Morgan fingerprint density at radius 2 is 1.78 bits per heavy atom.